The van der Waals surface area contributed by atoms with Crippen molar-refractivity contribution in [3.8, 4) is 0 Å². The highest BCUT2D eigenvalue weighted by Gasteiger charge is 2.25. The van der Waals surface area contributed by atoms with Crippen LogP contribution < -0.4 is 5.32 Å². The number of nitrogens with one attached hydrogen (secondary N) is 1. The van der Waals surface area contributed by atoms with Gasteiger partial charge in [0.1, 0.15) is 0 Å². The lowest BCUT2D eigenvalue weighted by atomic mass is 10.0. The second-order valence-electron chi connectivity index (χ2n) is 6.44. The third kappa shape index (κ3) is 4.82. The Bertz CT molecular complexity index is 434. The molecule has 3 rings (SSSR count). The molecule has 0 radical (unpaired) electrons. The number of likely N-dealkylation sites (tertiary alicyclic amines) is 1. The number of hydrogen-bond donors (Lipinski definition) is 1. The molecule has 0 bridgehead atoms. The van der Waals surface area contributed by atoms with Crippen LogP contribution in [0.2, 0.25) is 0 Å². The Morgan fingerprint density at radius 2 is 2.10 bits per heavy atom. The summed E-state index contributed by atoms with van der Waals surface area (Å²) in [7, 11) is 0. The van der Waals surface area contributed by atoms with E-state index >= 15 is 0 Å². The van der Waals surface area contributed by atoms with Crippen molar-refractivity contribution in [1.29, 1.82) is 0 Å². The quantitative estimate of drug-likeness (QED) is 0.839. The summed E-state index contributed by atoms with van der Waals surface area (Å²) in [5.74, 6) is 1.30. The fraction of sp³-hybridized carbons (Fsp3) is 0.706. The van der Waals surface area contributed by atoms with Crippen molar-refractivity contribution in [2.75, 3.05) is 19.6 Å². The van der Waals surface area contributed by atoms with E-state index in [0.717, 1.165) is 44.7 Å². The van der Waals surface area contributed by atoms with Gasteiger partial charge in [0.15, 0.2) is 0 Å². The van der Waals surface area contributed by atoms with Crippen LogP contribution in [0.3, 0.4) is 0 Å². The van der Waals surface area contributed by atoms with Crippen LogP contribution >= 0.6 is 11.3 Å². The molecule has 2 fully saturated rings. The first-order chi connectivity index (χ1) is 10.3. The van der Waals surface area contributed by atoms with Crippen molar-refractivity contribution >= 4 is 17.2 Å². The van der Waals surface area contributed by atoms with Crippen LogP contribution in [0, 0.1) is 5.92 Å². The van der Waals surface area contributed by atoms with Crippen molar-refractivity contribution < 1.29 is 4.79 Å². The Labute approximate surface area is 131 Å². The number of thiophene rings is 1. The SMILES string of the molecule is O=C(CCCc1cccs1)N1CCC(NCC2CC2)CC1. The molecule has 116 valence electrons. The summed E-state index contributed by atoms with van der Waals surface area (Å²) in [4.78, 5) is 15.7. The standard InChI is InChI=1S/C17H26N2OS/c20-17(5-1-3-16-4-2-12-21-16)19-10-8-15(9-11-19)18-13-14-6-7-14/h2,4,12,14-15,18H,1,3,5-11,13H2. The Kier molecular flexibility index (Phi) is 5.31. The Morgan fingerprint density at radius 1 is 1.29 bits per heavy atom. The third-order valence-corrected chi connectivity index (χ3v) is 5.57. The molecule has 1 saturated carbocycles. The van der Waals surface area contributed by atoms with Crippen LogP contribution in [0.5, 0.6) is 0 Å². The van der Waals surface area contributed by atoms with Crippen LogP contribution in [0.4, 0.5) is 0 Å². The van der Waals surface area contributed by atoms with Crippen molar-refractivity contribution in [2.24, 2.45) is 5.92 Å². The summed E-state index contributed by atoms with van der Waals surface area (Å²) in [6.07, 6.45) is 7.82. The van der Waals surface area contributed by atoms with E-state index in [1.165, 1.54) is 24.3 Å². The minimum absolute atomic E-state index is 0.354. The number of carbonyl (C=O) groups excluding carboxylic acids is 1. The molecular weight excluding hydrogens is 280 g/mol. The van der Waals surface area contributed by atoms with Gasteiger partial charge in [0.05, 0.1) is 0 Å². The second kappa shape index (κ2) is 7.41. The van der Waals surface area contributed by atoms with Gasteiger partial charge in [0.2, 0.25) is 5.91 Å². The lowest BCUT2D eigenvalue weighted by molar-refractivity contribution is -0.132. The molecule has 0 atom stereocenters. The summed E-state index contributed by atoms with van der Waals surface area (Å²) in [5, 5.41) is 5.78. The highest BCUT2D eigenvalue weighted by atomic mass is 32.1. The first-order valence-corrected chi connectivity index (χ1v) is 9.23. The summed E-state index contributed by atoms with van der Waals surface area (Å²) in [6, 6.07) is 4.88. The lowest BCUT2D eigenvalue weighted by Gasteiger charge is -2.32. The molecule has 0 aromatic carbocycles. The summed E-state index contributed by atoms with van der Waals surface area (Å²) < 4.78 is 0. The average Bonchev–Trinajstić information content (AvgIpc) is 3.20. The van der Waals surface area contributed by atoms with Crippen LogP contribution in [0.15, 0.2) is 17.5 Å². The average molecular weight is 306 g/mol. The van der Waals surface area contributed by atoms with E-state index in [9.17, 15) is 4.79 Å². The summed E-state index contributed by atoms with van der Waals surface area (Å²) in [5.41, 5.74) is 0. The normalized spacial score (nSPS) is 19.9. The Balaban J connectivity index is 1.30. The molecule has 1 N–H and O–H groups in total. The fourth-order valence-electron chi connectivity index (χ4n) is 3.02. The summed E-state index contributed by atoms with van der Waals surface area (Å²) in [6.45, 7) is 3.08. The van der Waals surface area contributed by atoms with Crippen LogP contribution in [-0.2, 0) is 11.2 Å². The molecule has 1 saturated heterocycles. The van der Waals surface area contributed by atoms with E-state index in [-0.39, 0.29) is 0 Å². The molecule has 1 aliphatic heterocycles. The zero-order valence-corrected chi connectivity index (χ0v) is 13.5. The molecule has 2 heterocycles. The Hall–Kier alpha value is -0.870. The molecule has 1 aromatic rings. The molecule has 1 aliphatic carbocycles. The van der Waals surface area contributed by atoms with Gasteiger partial charge in [-0.3, -0.25) is 4.79 Å². The maximum Gasteiger partial charge on any atom is 0.222 e. The number of nitrogens with zero attached hydrogens (tertiary/aromatic N) is 1. The summed E-state index contributed by atoms with van der Waals surface area (Å²) >= 11 is 1.79. The molecule has 2 aliphatic rings. The first-order valence-electron chi connectivity index (χ1n) is 8.35. The number of hydrogen-bond acceptors (Lipinski definition) is 3. The zero-order valence-electron chi connectivity index (χ0n) is 12.7. The van der Waals surface area contributed by atoms with Gasteiger partial charge in [-0.2, -0.15) is 0 Å². The van der Waals surface area contributed by atoms with Crippen LogP contribution in [0.25, 0.3) is 0 Å². The number of aryl methyl sites for hydroxylation is 1. The van der Waals surface area contributed by atoms with E-state index in [4.69, 9.17) is 0 Å². The number of carbonyl (C=O) groups is 1. The van der Waals surface area contributed by atoms with E-state index in [2.05, 4.69) is 27.7 Å². The number of piperidine rings is 1. The van der Waals surface area contributed by atoms with E-state index in [1.54, 1.807) is 11.3 Å². The van der Waals surface area contributed by atoms with Crippen molar-refractivity contribution in [3.05, 3.63) is 22.4 Å². The van der Waals surface area contributed by atoms with Gasteiger partial charge in [-0.1, -0.05) is 6.07 Å². The van der Waals surface area contributed by atoms with Crippen molar-refractivity contribution in [2.45, 2.75) is 51.0 Å². The van der Waals surface area contributed by atoms with Gasteiger partial charge in [-0.25, -0.2) is 0 Å². The maximum absolute atomic E-state index is 12.2. The van der Waals surface area contributed by atoms with Crippen molar-refractivity contribution in [3.63, 3.8) is 0 Å². The minimum atomic E-state index is 0.354. The van der Waals surface area contributed by atoms with Gasteiger partial charge in [0.25, 0.3) is 0 Å². The minimum Gasteiger partial charge on any atom is -0.343 e. The van der Waals surface area contributed by atoms with Gasteiger partial charge in [-0.15, -0.1) is 11.3 Å². The molecule has 1 aromatic heterocycles. The topological polar surface area (TPSA) is 32.3 Å². The number of rotatable bonds is 7. The maximum atomic E-state index is 12.2. The van der Waals surface area contributed by atoms with E-state index in [1.807, 2.05) is 0 Å². The molecule has 0 unspecified atom stereocenters. The van der Waals surface area contributed by atoms with Gasteiger partial charge in [0, 0.05) is 30.4 Å². The highest BCUT2D eigenvalue weighted by molar-refractivity contribution is 7.09. The molecule has 4 heteroatoms. The number of amides is 1. The van der Waals surface area contributed by atoms with E-state index in [0.29, 0.717) is 18.4 Å². The molecule has 0 spiro atoms. The molecule has 1 amide bonds. The molecular formula is C17H26N2OS. The van der Waals surface area contributed by atoms with Gasteiger partial charge >= 0.3 is 0 Å². The van der Waals surface area contributed by atoms with Gasteiger partial charge < -0.3 is 10.2 Å². The largest absolute Gasteiger partial charge is 0.343 e. The molecule has 3 nitrogen and oxygen atoms in total. The zero-order chi connectivity index (χ0) is 14.5. The monoisotopic (exact) mass is 306 g/mol. The third-order valence-electron chi connectivity index (χ3n) is 4.63. The first kappa shape index (κ1) is 15.0. The second-order valence-corrected chi connectivity index (χ2v) is 7.47. The molecule has 21 heavy (non-hydrogen) atoms. The predicted molar refractivity (Wildman–Crippen MR) is 87.6 cm³/mol. The predicted octanol–water partition coefficient (Wildman–Crippen LogP) is 3.06. The van der Waals surface area contributed by atoms with E-state index < -0.39 is 0 Å². The van der Waals surface area contributed by atoms with Crippen LogP contribution in [0.1, 0.15) is 43.4 Å². The van der Waals surface area contributed by atoms with Crippen LogP contribution in [-0.4, -0.2) is 36.5 Å². The smallest absolute Gasteiger partial charge is 0.222 e. The fourth-order valence-corrected chi connectivity index (χ4v) is 3.77. The van der Waals surface area contributed by atoms with Crippen molar-refractivity contribution in [1.82, 2.24) is 10.2 Å². The highest BCUT2D eigenvalue weighted by Crippen LogP contribution is 2.28. The lowest BCUT2D eigenvalue weighted by Crippen LogP contribution is -2.45. The van der Waals surface area contributed by atoms with Gasteiger partial charge in [-0.05, 0) is 62.4 Å². The Morgan fingerprint density at radius 3 is 2.76 bits per heavy atom.